The number of hydrogen-bond acceptors (Lipinski definition) is 4. The Morgan fingerprint density at radius 2 is 2.31 bits per heavy atom. The summed E-state index contributed by atoms with van der Waals surface area (Å²) in [5.74, 6) is 1.88. The standard InChI is InChI=1S/C11H19ClN2S2/c1-9(2)7-14(4-5-15-3)8-10-6-13-11(12)16-10/h6,9H,4-5,7-8H2,1-3H3. The Labute approximate surface area is 111 Å². The zero-order chi connectivity index (χ0) is 12.0. The van der Waals surface area contributed by atoms with Crippen molar-refractivity contribution < 1.29 is 0 Å². The first kappa shape index (κ1) is 14.3. The van der Waals surface area contributed by atoms with Crippen LogP contribution in [0.25, 0.3) is 0 Å². The quantitative estimate of drug-likeness (QED) is 0.758. The van der Waals surface area contributed by atoms with Crippen LogP contribution >= 0.6 is 34.7 Å². The van der Waals surface area contributed by atoms with Crippen molar-refractivity contribution in [1.29, 1.82) is 0 Å². The summed E-state index contributed by atoms with van der Waals surface area (Å²) in [6, 6.07) is 0. The zero-order valence-corrected chi connectivity index (χ0v) is 12.5. The fourth-order valence-corrected chi connectivity index (χ4v) is 3.01. The predicted molar refractivity (Wildman–Crippen MR) is 75.6 cm³/mol. The number of aromatic nitrogens is 1. The summed E-state index contributed by atoms with van der Waals surface area (Å²) in [6.07, 6.45) is 4.04. The predicted octanol–water partition coefficient (Wildman–Crippen LogP) is 3.62. The normalized spacial score (nSPS) is 11.6. The van der Waals surface area contributed by atoms with Gasteiger partial charge >= 0.3 is 0 Å². The largest absolute Gasteiger partial charge is 0.297 e. The lowest BCUT2D eigenvalue weighted by atomic mass is 10.2. The molecule has 0 aliphatic rings. The topological polar surface area (TPSA) is 16.1 Å². The van der Waals surface area contributed by atoms with E-state index in [-0.39, 0.29) is 0 Å². The van der Waals surface area contributed by atoms with Gasteiger partial charge in [0.1, 0.15) is 0 Å². The van der Waals surface area contributed by atoms with E-state index in [0.29, 0.717) is 10.4 Å². The molecule has 1 heterocycles. The van der Waals surface area contributed by atoms with Gasteiger partial charge in [0.05, 0.1) is 0 Å². The minimum atomic E-state index is 0.643. The first-order valence-corrected chi connectivity index (χ1v) is 8.02. The van der Waals surface area contributed by atoms with Gasteiger partial charge < -0.3 is 0 Å². The van der Waals surface area contributed by atoms with E-state index >= 15 is 0 Å². The molecule has 0 spiro atoms. The average molecular weight is 279 g/mol. The zero-order valence-electron chi connectivity index (χ0n) is 10.1. The van der Waals surface area contributed by atoms with Gasteiger partial charge in [0.25, 0.3) is 0 Å². The Morgan fingerprint density at radius 3 is 2.81 bits per heavy atom. The molecule has 0 aliphatic heterocycles. The number of hydrogen-bond donors (Lipinski definition) is 0. The molecule has 5 heteroatoms. The third-order valence-electron chi connectivity index (χ3n) is 2.14. The molecule has 0 fully saturated rings. The first-order valence-electron chi connectivity index (χ1n) is 5.43. The lowest BCUT2D eigenvalue weighted by Crippen LogP contribution is -2.29. The van der Waals surface area contributed by atoms with Gasteiger partial charge in [-0.1, -0.05) is 25.4 Å². The molecule has 0 N–H and O–H groups in total. The van der Waals surface area contributed by atoms with E-state index in [9.17, 15) is 0 Å². The van der Waals surface area contributed by atoms with Gasteiger partial charge in [-0.2, -0.15) is 11.8 Å². The number of nitrogens with zero attached hydrogens (tertiary/aromatic N) is 2. The molecule has 0 atom stereocenters. The molecule has 0 saturated heterocycles. The highest BCUT2D eigenvalue weighted by molar-refractivity contribution is 7.98. The Kier molecular flexibility index (Phi) is 6.73. The second kappa shape index (κ2) is 7.54. The lowest BCUT2D eigenvalue weighted by Gasteiger charge is -2.22. The second-order valence-corrected chi connectivity index (χ2v) is 6.88. The maximum Gasteiger partial charge on any atom is 0.183 e. The van der Waals surface area contributed by atoms with Crippen LogP contribution in [-0.4, -0.2) is 35.0 Å². The highest BCUT2D eigenvalue weighted by Gasteiger charge is 2.09. The van der Waals surface area contributed by atoms with E-state index in [1.807, 2.05) is 18.0 Å². The van der Waals surface area contributed by atoms with E-state index in [1.165, 1.54) is 10.6 Å². The van der Waals surface area contributed by atoms with Gasteiger partial charge in [0.2, 0.25) is 0 Å². The second-order valence-electron chi connectivity index (χ2n) is 4.20. The number of rotatable bonds is 7. The average Bonchev–Trinajstić information content (AvgIpc) is 2.59. The molecule has 1 aromatic rings. The van der Waals surface area contributed by atoms with Crippen molar-refractivity contribution in [2.24, 2.45) is 5.92 Å². The monoisotopic (exact) mass is 278 g/mol. The summed E-state index contributed by atoms with van der Waals surface area (Å²) >= 11 is 9.31. The molecular weight excluding hydrogens is 260 g/mol. The number of thioether (sulfide) groups is 1. The Hall–Kier alpha value is 0.230. The first-order chi connectivity index (χ1) is 7.61. The fraction of sp³-hybridized carbons (Fsp3) is 0.727. The summed E-state index contributed by atoms with van der Waals surface area (Å²) in [4.78, 5) is 7.81. The van der Waals surface area contributed by atoms with Crippen molar-refractivity contribution in [2.45, 2.75) is 20.4 Å². The molecule has 0 radical (unpaired) electrons. The Balaban J connectivity index is 2.48. The van der Waals surface area contributed by atoms with Crippen LogP contribution in [0.4, 0.5) is 0 Å². The third-order valence-corrected chi connectivity index (χ3v) is 3.83. The smallest absolute Gasteiger partial charge is 0.183 e. The molecule has 0 saturated carbocycles. The van der Waals surface area contributed by atoms with Crippen LogP contribution in [0, 0.1) is 5.92 Å². The van der Waals surface area contributed by atoms with Gasteiger partial charge in [-0.25, -0.2) is 4.98 Å². The fourth-order valence-electron chi connectivity index (χ4n) is 1.55. The molecule has 0 aromatic carbocycles. The summed E-state index contributed by atoms with van der Waals surface area (Å²) in [6.45, 7) is 7.76. The highest BCUT2D eigenvalue weighted by Crippen LogP contribution is 2.19. The summed E-state index contributed by atoms with van der Waals surface area (Å²) in [5.41, 5.74) is 0. The molecule has 92 valence electrons. The molecule has 1 rings (SSSR count). The maximum atomic E-state index is 5.84. The molecule has 0 unspecified atom stereocenters. The van der Waals surface area contributed by atoms with Crippen LogP contribution < -0.4 is 0 Å². The van der Waals surface area contributed by atoms with Crippen LogP contribution in [0.15, 0.2) is 6.20 Å². The van der Waals surface area contributed by atoms with E-state index in [4.69, 9.17) is 11.6 Å². The SMILES string of the molecule is CSCCN(Cc1cnc(Cl)s1)CC(C)C. The van der Waals surface area contributed by atoms with Gasteiger partial charge in [-0.15, -0.1) is 11.3 Å². The van der Waals surface area contributed by atoms with Crippen LogP contribution in [0.1, 0.15) is 18.7 Å². The van der Waals surface area contributed by atoms with E-state index in [0.717, 1.165) is 19.6 Å². The molecule has 2 nitrogen and oxygen atoms in total. The Bertz CT molecular complexity index is 302. The van der Waals surface area contributed by atoms with Crippen molar-refractivity contribution in [3.8, 4) is 0 Å². The molecule has 0 aliphatic carbocycles. The molecular formula is C11H19ClN2S2. The molecule has 0 bridgehead atoms. The lowest BCUT2D eigenvalue weighted by molar-refractivity contribution is 0.252. The van der Waals surface area contributed by atoms with Gasteiger partial charge in [0.15, 0.2) is 4.47 Å². The molecule has 1 aromatic heterocycles. The number of halogens is 1. The van der Waals surface area contributed by atoms with Gasteiger partial charge in [0, 0.05) is 36.5 Å². The minimum absolute atomic E-state index is 0.643. The summed E-state index contributed by atoms with van der Waals surface area (Å²) in [5, 5.41) is 0. The van der Waals surface area contributed by atoms with Gasteiger partial charge in [-0.05, 0) is 12.2 Å². The van der Waals surface area contributed by atoms with Crippen molar-refractivity contribution >= 4 is 34.7 Å². The van der Waals surface area contributed by atoms with E-state index in [2.05, 4.69) is 30.0 Å². The molecule has 0 amide bonds. The van der Waals surface area contributed by atoms with E-state index in [1.54, 1.807) is 11.3 Å². The Morgan fingerprint density at radius 1 is 1.56 bits per heavy atom. The molecule has 16 heavy (non-hydrogen) atoms. The van der Waals surface area contributed by atoms with Crippen molar-refractivity contribution in [1.82, 2.24) is 9.88 Å². The van der Waals surface area contributed by atoms with Crippen LogP contribution in [0.2, 0.25) is 4.47 Å². The van der Waals surface area contributed by atoms with Crippen molar-refractivity contribution in [2.75, 3.05) is 25.1 Å². The third kappa shape index (κ3) is 5.53. The minimum Gasteiger partial charge on any atom is -0.297 e. The van der Waals surface area contributed by atoms with Crippen LogP contribution in [-0.2, 0) is 6.54 Å². The van der Waals surface area contributed by atoms with Crippen LogP contribution in [0.3, 0.4) is 0 Å². The van der Waals surface area contributed by atoms with Crippen molar-refractivity contribution in [3.63, 3.8) is 0 Å². The highest BCUT2D eigenvalue weighted by atomic mass is 35.5. The summed E-state index contributed by atoms with van der Waals surface area (Å²) < 4.78 is 0.643. The number of thiazole rings is 1. The van der Waals surface area contributed by atoms with Crippen LogP contribution in [0.5, 0.6) is 0 Å². The van der Waals surface area contributed by atoms with Crippen molar-refractivity contribution in [3.05, 3.63) is 15.5 Å². The maximum absolute atomic E-state index is 5.84. The van der Waals surface area contributed by atoms with E-state index < -0.39 is 0 Å². The van der Waals surface area contributed by atoms with Gasteiger partial charge in [-0.3, -0.25) is 4.90 Å². The summed E-state index contributed by atoms with van der Waals surface area (Å²) in [7, 11) is 0.